The normalized spacial score (nSPS) is 23.1. The number of piperazine rings is 1. The minimum Gasteiger partial charge on any atom is -0.379 e. The second-order valence-electron chi connectivity index (χ2n) is 8.20. The van der Waals surface area contributed by atoms with Gasteiger partial charge < -0.3 is 19.9 Å². The lowest BCUT2D eigenvalue weighted by molar-refractivity contribution is 0.0142. The zero-order chi connectivity index (χ0) is 18.7. The van der Waals surface area contributed by atoms with Crippen molar-refractivity contribution in [3.05, 3.63) is 35.6 Å². The molecular formula is C20H30FN3O2. The molecule has 0 bridgehead atoms. The molecule has 2 fully saturated rings. The number of nitrogens with zero attached hydrogens (tertiary/aromatic N) is 2. The predicted molar refractivity (Wildman–Crippen MR) is 99.5 cm³/mol. The van der Waals surface area contributed by atoms with Crippen LogP contribution in [0.25, 0.3) is 0 Å². The monoisotopic (exact) mass is 363 g/mol. The molecule has 144 valence electrons. The van der Waals surface area contributed by atoms with E-state index in [9.17, 15) is 9.18 Å². The van der Waals surface area contributed by atoms with Crippen LogP contribution in [-0.4, -0.2) is 61.3 Å². The van der Waals surface area contributed by atoms with Crippen molar-refractivity contribution in [3.63, 3.8) is 0 Å². The van der Waals surface area contributed by atoms with Gasteiger partial charge in [0, 0.05) is 26.2 Å². The van der Waals surface area contributed by atoms with E-state index in [1.807, 2.05) is 4.90 Å². The topological polar surface area (TPSA) is 44.8 Å². The predicted octanol–water partition coefficient (Wildman–Crippen LogP) is 3.03. The van der Waals surface area contributed by atoms with Gasteiger partial charge in [0.1, 0.15) is 5.82 Å². The number of hydrogen-bond donors (Lipinski definition) is 1. The van der Waals surface area contributed by atoms with Gasteiger partial charge in [-0.2, -0.15) is 0 Å². The van der Waals surface area contributed by atoms with Gasteiger partial charge in [-0.15, -0.1) is 0 Å². The number of urea groups is 1. The average Bonchev–Trinajstić information content (AvgIpc) is 3.37. The van der Waals surface area contributed by atoms with E-state index >= 15 is 0 Å². The second kappa shape index (κ2) is 7.92. The number of carbonyl (C=O) groups is 1. The quantitative estimate of drug-likeness (QED) is 0.790. The highest BCUT2D eigenvalue weighted by atomic mass is 19.1. The van der Waals surface area contributed by atoms with E-state index in [1.165, 1.54) is 25.0 Å². The molecule has 1 heterocycles. The minimum absolute atomic E-state index is 0.0903. The third kappa shape index (κ3) is 4.74. The van der Waals surface area contributed by atoms with Gasteiger partial charge >= 0.3 is 6.03 Å². The summed E-state index contributed by atoms with van der Waals surface area (Å²) in [6, 6.07) is 6.25. The number of amides is 2. The van der Waals surface area contributed by atoms with Gasteiger partial charge in [-0.3, -0.25) is 0 Å². The molecule has 0 spiro atoms. The summed E-state index contributed by atoms with van der Waals surface area (Å²) in [5, 5.41) is 3.00. The molecule has 26 heavy (non-hydrogen) atoms. The van der Waals surface area contributed by atoms with E-state index in [4.69, 9.17) is 4.74 Å². The van der Waals surface area contributed by atoms with Gasteiger partial charge in [0.05, 0.1) is 18.2 Å². The molecule has 1 aromatic carbocycles. The molecule has 5 nitrogen and oxygen atoms in total. The fourth-order valence-corrected chi connectivity index (χ4v) is 3.81. The Balaban J connectivity index is 1.66. The molecule has 1 aliphatic heterocycles. The highest BCUT2D eigenvalue weighted by molar-refractivity contribution is 5.76. The van der Waals surface area contributed by atoms with Crippen LogP contribution in [0.5, 0.6) is 0 Å². The van der Waals surface area contributed by atoms with E-state index in [2.05, 4.69) is 31.1 Å². The van der Waals surface area contributed by atoms with Crippen LogP contribution in [0.4, 0.5) is 9.18 Å². The number of likely N-dealkylation sites (N-methyl/N-ethyl adjacent to an activating group) is 1. The fraction of sp³-hybridized carbons (Fsp3) is 0.650. The van der Waals surface area contributed by atoms with Gasteiger partial charge in [-0.25, -0.2) is 9.18 Å². The largest absolute Gasteiger partial charge is 0.379 e. The van der Waals surface area contributed by atoms with Gasteiger partial charge in [0.2, 0.25) is 0 Å². The van der Waals surface area contributed by atoms with Crippen molar-refractivity contribution < 1.29 is 13.9 Å². The Hall–Kier alpha value is -1.66. The van der Waals surface area contributed by atoms with E-state index in [0.29, 0.717) is 13.2 Å². The van der Waals surface area contributed by atoms with E-state index in [-0.39, 0.29) is 23.4 Å². The molecule has 0 aromatic heterocycles. The molecule has 1 aromatic rings. The standard InChI is InChI=1S/C20H30FN3O2/c1-20(2)14-23(3)12-18(16-6-8-17(21)9-7-16)24(20)19(25)22-10-11-26-13-15-4-5-15/h6-9,15,18H,4-5,10-14H2,1-3H3,(H,22,25). The molecule has 1 saturated heterocycles. The Labute approximate surface area is 155 Å². The first-order chi connectivity index (χ1) is 12.4. The molecule has 1 aliphatic carbocycles. The van der Waals surface area contributed by atoms with Crippen LogP contribution in [0.1, 0.15) is 38.3 Å². The Kier molecular flexibility index (Phi) is 5.82. The molecule has 2 aliphatic rings. The lowest BCUT2D eigenvalue weighted by atomic mass is 9.92. The smallest absolute Gasteiger partial charge is 0.318 e. The number of hydrogen-bond acceptors (Lipinski definition) is 3. The summed E-state index contributed by atoms with van der Waals surface area (Å²) < 4.78 is 18.9. The number of benzene rings is 1. The summed E-state index contributed by atoms with van der Waals surface area (Å²) in [6.07, 6.45) is 2.53. The minimum atomic E-state index is -0.328. The maximum Gasteiger partial charge on any atom is 0.318 e. The maximum atomic E-state index is 13.3. The van der Waals surface area contributed by atoms with Crippen LogP contribution in [0.2, 0.25) is 0 Å². The summed E-state index contributed by atoms with van der Waals surface area (Å²) in [6.45, 7) is 7.50. The van der Waals surface area contributed by atoms with Crippen molar-refractivity contribution in [3.8, 4) is 0 Å². The van der Waals surface area contributed by atoms with Crippen LogP contribution < -0.4 is 5.32 Å². The van der Waals surface area contributed by atoms with E-state index in [1.54, 1.807) is 12.1 Å². The Bertz CT molecular complexity index is 616. The lowest BCUT2D eigenvalue weighted by Gasteiger charge is -2.51. The Morgan fingerprint density at radius 2 is 2.00 bits per heavy atom. The number of rotatable bonds is 6. The molecule has 1 saturated carbocycles. The molecule has 2 amide bonds. The van der Waals surface area contributed by atoms with Crippen LogP contribution in [0, 0.1) is 11.7 Å². The Morgan fingerprint density at radius 1 is 1.31 bits per heavy atom. The van der Waals surface area contributed by atoms with Gasteiger partial charge in [-0.05, 0) is 57.4 Å². The average molecular weight is 363 g/mol. The summed E-state index contributed by atoms with van der Waals surface area (Å²) in [4.78, 5) is 17.1. The van der Waals surface area contributed by atoms with Crippen molar-refractivity contribution in [1.82, 2.24) is 15.1 Å². The first-order valence-corrected chi connectivity index (χ1v) is 9.46. The molecule has 1 unspecified atom stereocenters. The van der Waals surface area contributed by atoms with Crippen LogP contribution in [0.15, 0.2) is 24.3 Å². The first kappa shape index (κ1) is 19.1. The second-order valence-corrected chi connectivity index (χ2v) is 8.20. The number of carbonyl (C=O) groups excluding carboxylic acids is 1. The highest BCUT2D eigenvalue weighted by Gasteiger charge is 2.42. The van der Waals surface area contributed by atoms with Crippen molar-refractivity contribution in [1.29, 1.82) is 0 Å². The van der Waals surface area contributed by atoms with Crippen LogP contribution in [-0.2, 0) is 4.74 Å². The summed E-state index contributed by atoms with van der Waals surface area (Å²) in [5.41, 5.74) is 0.622. The highest BCUT2D eigenvalue weighted by Crippen LogP contribution is 2.34. The number of ether oxygens (including phenoxy) is 1. The van der Waals surface area contributed by atoms with Crippen LogP contribution in [0.3, 0.4) is 0 Å². The van der Waals surface area contributed by atoms with Gasteiger partial charge in [0.15, 0.2) is 0 Å². The summed E-state index contributed by atoms with van der Waals surface area (Å²) in [5.74, 6) is 0.464. The van der Waals surface area contributed by atoms with E-state index in [0.717, 1.165) is 31.2 Å². The molecule has 1 N–H and O–H groups in total. The van der Waals surface area contributed by atoms with Crippen LogP contribution >= 0.6 is 0 Å². The molecule has 0 radical (unpaired) electrons. The zero-order valence-electron chi connectivity index (χ0n) is 16.0. The van der Waals surface area contributed by atoms with Crippen molar-refractivity contribution in [2.45, 2.75) is 38.3 Å². The SMILES string of the molecule is CN1CC(c2ccc(F)cc2)N(C(=O)NCCOCC2CC2)C(C)(C)C1. The molecule has 1 atom stereocenters. The van der Waals surface area contributed by atoms with E-state index < -0.39 is 0 Å². The third-order valence-electron chi connectivity index (χ3n) is 5.15. The van der Waals surface area contributed by atoms with Crippen molar-refractivity contribution >= 4 is 6.03 Å². The summed E-state index contributed by atoms with van der Waals surface area (Å²) >= 11 is 0. The summed E-state index contributed by atoms with van der Waals surface area (Å²) in [7, 11) is 2.05. The third-order valence-corrected chi connectivity index (χ3v) is 5.15. The number of halogens is 1. The zero-order valence-corrected chi connectivity index (χ0v) is 16.0. The first-order valence-electron chi connectivity index (χ1n) is 9.46. The molecule has 3 rings (SSSR count). The maximum absolute atomic E-state index is 13.3. The van der Waals surface area contributed by atoms with Gasteiger partial charge in [-0.1, -0.05) is 12.1 Å². The van der Waals surface area contributed by atoms with Gasteiger partial charge in [0.25, 0.3) is 0 Å². The van der Waals surface area contributed by atoms with Crippen molar-refractivity contribution in [2.24, 2.45) is 5.92 Å². The number of nitrogens with one attached hydrogen (secondary N) is 1. The molecule has 6 heteroatoms. The Morgan fingerprint density at radius 3 is 2.65 bits per heavy atom. The molecular weight excluding hydrogens is 333 g/mol. The fourth-order valence-electron chi connectivity index (χ4n) is 3.81. The lowest BCUT2D eigenvalue weighted by Crippen LogP contribution is -2.63. The van der Waals surface area contributed by atoms with Crippen molar-refractivity contribution in [2.75, 3.05) is 39.9 Å².